The van der Waals surface area contributed by atoms with Gasteiger partial charge in [-0.05, 0) is 38.1 Å². The molecule has 0 bridgehead atoms. The number of amides is 1. The highest BCUT2D eigenvalue weighted by Crippen LogP contribution is 2.18. The van der Waals surface area contributed by atoms with Gasteiger partial charge in [0, 0.05) is 25.0 Å². The second-order valence-electron chi connectivity index (χ2n) is 5.43. The van der Waals surface area contributed by atoms with E-state index >= 15 is 0 Å². The lowest BCUT2D eigenvalue weighted by atomic mass is 10.2. The topological polar surface area (TPSA) is 82.2 Å². The van der Waals surface area contributed by atoms with Gasteiger partial charge < -0.3 is 13.8 Å². The van der Waals surface area contributed by atoms with Gasteiger partial charge in [-0.2, -0.15) is 0 Å². The molecule has 1 amide bonds. The summed E-state index contributed by atoms with van der Waals surface area (Å²) in [6.07, 6.45) is 3.39. The molecule has 0 aliphatic carbocycles. The van der Waals surface area contributed by atoms with E-state index in [0.29, 0.717) is 23.9 Å². The number of rotatable bonds is 5. The van der Waals surface area contributed by atoms with Gasteiger partial charge in [0.05, 0.1) is 11.3 Å². The highest BCUT2D eigenvalue weighted by Gasteiger charge is 2.11. The van der Waals surface area contributed by atoms with Gasteiger partial charge in [-0.15, -0.1) is 0 Å². The maximum Gasteiger partial charge on any atom is 0.257 e. The van der Waals surface area contributed by atoms with E-state index in [2.05, 4.69) is 15.5 Å². The van der Waals surface area contributed by atoms with E-state index in [9.17, 15) is 4.79 Å². The van der Waals surface area contributed by atoms with E-state index in [-0.39, 0.29) is 5.91 Å². The van der Waals surface area contributed by atoms with E-state index in [1.54, 1.807) is 41.2 Å². The second kappa shape index (κ2) is 6.57. The minimum Gasteiger partial charge on any atom is -0.489 e. The highest BCUT2D eigenvalue weighted by molar-refractivity contribution is 6.03. The van der Waals surface area contributed by atoms with Crippen LogP contribution in [0.1, 0.15) is 27.4 Å². The van der Waals surface area contributed by atoms with Crippen LogP contribution in [-0.4, -0.2) is 20.6 Å². The van der Waals surface area contributed by atoms with Crippen LogP contribution in [0, 0.1) is 13.8 Å². The Kier molecular flexibility index (Phi) is 4.33. The fraction of sp³-hybridized carbons (Fsp3) is 0.235. The molecule has 24 heavy (non-hydrogen) atoms. The molecule has 0 aliphatic heterocycles. The summed E-state index contributed by atoms with van der Waals surface area (Å²) in [6, 6.07) is 6.93. The molecular weight excluding hydrogens is 308 g/mol. The summed E-state index contributed by atoms with van der Waals surface area (Å²) < 4.78 is 12.6. The molecular formula is C17H18N4O3. The minimum absolute atomic E-state index is 0.221. The first-order chi connectivity index (χ1) is 11.5. The van der Waals surface area contributed by atoms with Gasteiger partial charge in [0.15, 0.2) is 0 Å². The molecule has 2 heterocycles. The van der Waals surface area contributed by atoms with Crippen molar-refractivity contribution in [3.63, 3.8) is 0 Å². The largest absolute Gasteiger partial charge is 0.489 e. The number of aryl methyl sites for hydroxylation is 3. The number of benzene rings is 1. The average Bonchev–Trinajstić information content (AvgIpc) is 3.12. The lowest BCUT2D eigenvalue weighted by molar-refractivity contribution is 0.102. The van der Waals surface area contributed by atoms with Gasteiger partial charge in [0.25, 0.3) is 5.91 Å². The molecule has 0 fully saturated rings. The maximum atomic E-state index is 12.2. The van der Waals surface area contributed by atoms with E-state index in [0.717, 1.165) is 17.0 Å². The van der Waals surface area contributed by atoms with Crippen molar-refractivity contribution < 1.29 is 14.1 Å². The maximum absolute atomic E-state index is 12.2. The molecule has 7 nitrogen and oxygen atoms in total. The third kappa shape index (κ3) is 3.29. The number of ether oxygens (including phenoxy) is 1. The van der Waals surface area contributed by atoms with Crippen molar-refractivity contribution in [2.24, 2.45) is 7.05 Å². The molecule has 2 aromatic heterocycles. The summed E-state index contributed by atoms with van der Waals surface area (Å²) in [4.78, 5) is 16.2. The number of carbonyl (C=O) groups is 1. The van der Waals surface area contributed by atoms with Crippen LogP contribution in [0.15, 0.2) is 41.2 Å². The monoisotopic (exact) mass is 326 g/mol. The molecule has 7 heteroatoms. The standard InChI is InChI=1S/C17H18N4O3/c1-11-15(12(2)24-20-11)10-23-14-6-4-13(5-7-14)16(22)19-17-18-8-9-21(17)3/h4-9H,10H2,1-3H3,(H,18,19,22). The van der Waals surface area contributed by atoms with Crippen molar-refractivity contribution in [1.29, 1.82) is 0 Å². The fourth-order valence-electron chi connectivity index (χ4n) is 2.23. The van der Waals surface area contributed by atoms with Crippen LogP contribution in [0.25, 0.3) is 0 Å². The number of nitrogens with one attached hydrogen (secondary N) is 1. The Morgan fingerprint density at radius 3 is 2.62 bits per heavy atom. The van der Waals surface area contributed by atoms with Crippen molar-refractivity contribution in [3.8, 4) is 5.75 Å². The smallest absolute Gasteiger partial charge is 0.257 e. The molecule has 0 radical (unpaired) electrons. The van der Waals surface area contributed by atoms with E-state index in [4.69, 9.17) is 9.26 Å². The molecule has 0 saturated carbocycles. The Hall–Kier alpha value is -3.09. The predicted molar refractivity (Wildman–Crippen MR) is 87.9 cm³/mol. The van der Waals surface area contributed by atoms with Gasteiger partial charge in [-0.25, -0.2) is 4.98 Å². The Balaban J connectivity index is 1.63. The normalized spacial score (nSPS) is 10.6. The first kappa shape index (κ1) is 15.8. The fourth-order valence-corrected chi connectivity index (χ4v) is 2.23. The highest BCUT2D eigenvalue weighted by atomic mass is 16.5. The summed E-state index contributed by atoms with van der Waals surface area (Å²) >= 11 is 0. The minimum atomic E-state index is -0.221. The molecule has 1 aromatic carbocycles. The van der Waals surface area contributed by atoms with Gasteiger partial charge in [0.1, 0.15) is 18.1 Å². The average molecular weight is 326 g/mol. The third-order valence-corrected chi connectivity index (χ3v) is 3.73. The summed E-state index contributed by atoms with van der Waals surface area (Å²) in [5, 5.41) is 6.64. The molecule has 0 aliphatic rings. The zero-order valence-corrected chi connectivity index (χ0v) is 13.7. The summed E-state index contributed by atoms with van der Waals surface area (Å²) in [5.74, 6) is 1.70. The first-order valence-corrected chi connectivity index (χ1v) is 7.48. The Morgan fingerprint density at radius 2 is 2.04 bits per heavy atom. The number of carbonyl (C=O) groups excluding carboxylic acids is 1. The summed E-state index contributed by atoms with van der Waals surface area (Å²) in [6.45, 7) is 4.10. The van der Waals surface area contributed by atoms with E-state index in [1.807, 2.05) is 20.9 Å². The van der Waals surface area contributed by atoms with Crippen molar-refractivity contribution in [2.45, 2.75) is 20.5 Å². The van der Waals surface area contributed by atoms with Gasteiger partial charge in [-0.1, -0.05) is 5.16 Å². The third-order valence-electron chi connectivity index (χ3n) is 3.73. The van der Waals surface area contributed by atoms with Crippen LogP contribution >= 0.6 is 0 Å². The van der Waals surface area contributed by atoms with Crippen LogP contribution in [0.5, 0.6) is 5.75 Å². The van der Waals surface area contributed by atoms with Gasteiger partial charge >= 0.3 is 0 Å². The van der Waals surface area contributed by atoms with Crippen molar-refractivity contribution in [2.75, 3.05) is 5.32 Å². The van der Waals surface area contributed by atoms with Crippen LogP contribution < -0.4 is 10.1 Å². The van der Waals surface area contributed by atoms with Crippen molar-refractivity contribution >= 4 is 11.9 Å². The predicted octanol–water partition coefficient (Wildman–Crippen LogP) is 2.86. The number of anilines is 1. The number of aromatic nitrogens is 3. The molecule has 0 unspecified atom stereocenters. The lowest BCUT2D eigenvalue weighted by Gasteiger charge is -2.08. The molecule has 1 N–H and O–H groups in total. The second-order valence-corrected chi connectivity index (χ2v) is 5.43. The van der Waals surface area contributed by atoms with Crippen LogP contribution in [0.2, 0.25) is 0 Å². The summed E-state index contributed by atoms with van der Waals surface area (Å²) in [5.41, 5.74) is 2.29. The van der Waals surface area contributed by atoms with Crippen LogP contribution in [0.4, 0.5) is 5.95 Å². The number of hydrogen-bond acceptors (Lipinski definition) is 5. The Labute approximate surface area is 139 Å². The van der Waals surface area contributed by atoms with E-state index in [1.165, 1.54) is 0 Å². The van der Waals surface area contributed by atoms with Crippen LogP contribution in [0.3, 0.4) is 0 Å². The van der Waals surface area contributed by atoms with Crippen molar-refractivity contribution in [3.05, 3.63) is 59.2 Å². The Morgan fingerprint density at radius 1 is 1.29 bits per heavy atom. The first-order valence-electron chi connectivity index (χ1n) is 7.48. The Bertz CT molecular complexity index is 830. The number of nitrogens with zero attached hydrogens (tertiary/aromatic N) is 3. The molecule has 0 atom stereocenters. The SMILES string of the molecule is Cc1noc(C)c1COc1ccc(C(=O)Nc2nccn2C)cc1. The van der Waals surface area contributed by atoms with E-state index < -0.39 is 0 Å². The zero-order chi connectivity index (χ0) is 17.1. The quantitative estimate of drug-likeness (QED) is 0.779. The summed E-state index contributed by atoms with van der Waals surface area (Å²) in [7, 11) is 1.81. The van der Waals surface area contributed by atoms with Crippen molar-refractivity contribution in [1.82, 2.24) is 14.7 Å². The molecule has 0 spiro atoms. The molecule has 3 aromatic rings. The van der Waals surface area contributed by atoms with Gasteiger partial charge in [-0.3, -0.25) is 10.1 Å². The number of imidazole rings is 1. The molecule has 124 valence electrons. The van der Waals surface area contributed by atoms with Crippen LogP contribution in [-0.2, 0) is 13.7 Å². The number of hydrogen-bond donors (Lipinski definition) is 1. The molecule has 0 saturated heterocycles. The zero-order valence-electron chi connectivity index (χ0n) is 13.7. The molecule has 3 rings (SSSR count). The van der Waals surface area contributed by atoms with Gasteiger partial charge in [0.2, 0.25) is 5.95 Å². The lowest BCUT2D eigenvalue weighted by Crippen LogP contribution is -2.14.